The van der Waals surface area contributed by atoms with E-state index in [4.69, 9.17) is 4.74 Å². The Kier molecular flexibility index (Phi) is 5.97. The first-order chi connectivity index (χ1) is 13.6. The summed E-state index contributed by atoms with van der Waals surface area (Å²) in [5, 5.41) is 2.50. The van der Waals surface area contributed by atoms with Gasteiger partial charge in [0.2, 0.25) is 10.0 Å². The second-order valence-electron chi connectivity index (χ2n) is 6.52. The molecule has 1 aliphatic rings. The fourth-order valence-electron chi connectivity index (χ4n) is 2.88. The van der Waals surface area contributed by atoms with Crippen LogP contribution in [0, 0.1) is 6.92 Å². The number of hydrogen-bond acceptors (Lipinski definition) is 4. The van der Waals surface area contributed by atoms with Gasteiger partial charge in [0.15, 0.2) is 0 Å². The summed E-state index contributed by atoms with van der Waals surface area (Å²) >= 11 is 0. The molecule has 2 aromatic rings. The van der Waals surface area contributed by atoms with Crippen molar-refractivity contribution in [2.45, 2.75) is 18.0 Å². The van der Waals surface area contributed by atoms with Gasteiger partial charge in [-0.1, -0.05) is 6.07 Å². The Bertz CT molecular complexity index is 999. The number of sulfonamides is 1. The highest BCUT2D eigenvalue weighted by atomic mass is 32.2. The summed E-state index contributed by atoms with van der Waals surface area (Å²) < 4.78 is 70.0. The van der Waals surface area contributed by atoms with Crippen molar-refractivity contribution in [1.82, 2.24) is 4.31 Å². The number of carbonyl (C=O) groups is 1. The van der Waals surface area contributed by atoms with Crippen LogP contribution in [0.15, 0.2) is 47.4 Å². The molecule has 10 heteroatoms. The van der Waals surface area contributed by atoms with Crippen molar-refractivity contribution in [2.75, 3.05) is 31.6 Å². The Morgan fingerprint density at radius 2 is 1.69 bits per heavy atom. The summed E-state index contributed by atoms with van der Waals surface area (Å²) in [6, 6.07) is 8.24. The first kappa shape index (κ1) is 21.3. The van der Waals surface area contributed by atoms with Crippen molar-refractivity contribution >= 4 is 21.6 Å². The average molecular weight is 428 g/mol. The summed E-state index contributed by atoms with van der Waals surface area (Å²) in [6.45, 7) is 2.69. The minimum atomic E-state index is -4.47. The summed E-state index contributed by atoms with van der Waals surface area (Å²) in [4.78, 5) is 12.6. The fourth-order valence-corrected chi connectivity index (χ4v) is 4.32. The third-order valence-corrected chi connectivity index (χ3v) is 6.43. The summed E-state index contributed by atoms with van der Waals surface area (Å²) in [5.41, 5.74) is 0.00342. The molecule has 0 aliphatic carbocycles. The van der Waals surface area contributed by atoms with E-state index in [0.29, 0.717) is 18.8 Å². The van der Waals surface area contributed by atoms with Crippen LogP contribution in [0.2, 0.25) is 0 Å². The van der Waals surface area contributed by atoms with E-state index in [2.05, 4.69) is 5.32 Å². The molecule has 0 spiro atoms. The van der Waals surface area contributed by atoms with E-state index < -0.39 is 27.7 Å². The number of alkyl halides is 3. The Hall–Kier alpha value is -2.43. The highest BCUT2D eigenvalue weighted by Crippen LogP contribution is 2.30. The maximum absolute atomic E-state index is 12.8. The van der Waals surface area contributed by atoms with Crippen LogP contribution in [-0.2, 0) is 20.9 Å². The monoisotopic (exact) mass is 428 g/mol. The molecule has 6 nitrogen and oxygen atoms in total. The van der Waals surface area contributed by atoms with Gasteiger partial charge in [0.1, 0.15) is 0 Å². The van der Waals surface area contributed by atoms with Gasteiger partial charge in [-0.05, 0) is 48.9 Å². The lowest BCUT2D eigenvalue weighted by molar-refractivity contribution is -0.137. The van der Waals surface area contributed by atoms with Crippen LogP contribution in [0.1, 0.15) is 21.5 Å². The number of rotatable bonds is 4. The predicted molar refractivity (Wildman–Crippen MR) is 100 cm³/mol. The standard InChI is InChI=1S/C19H19F3N2O4S/c1-13-2-7-16(29(26,27)24-8-10-28-11-9-24)12-17(13)18(25)23-15-5-3-14(4-6-15)19(20,21)22/h2-7,12H,8-11H2,1H3,(H,23,25). The van der Waals surface area contributed by atoms with E-state index in [9.17, 15) is 26.4 Å². The molecule has 1 amide bonds. The third kappa shape index (κ3) is 4.77. The average Bonchev–Trinajstić information content (AvgIpc) is 2.68. The van der Waals surface area contributed by atoms with Crippen LogP contribution in [-0.4, -0.2) is 44.9 Å². The molecule has 1 aliphatic heterocycles. The number of benzene rings is 2. The van der Waals surface area contributed by atoms with Crippen molar-refractivity contribution in [3.63, 3.8) is 0 Å². The number of carbonyl (C=O) groups excluding carboxylic acids is 1. The van der Waals surface area contributed by atoms with Crippen molar-refractivity contribution in [1.29, 1.82) is 0 Å². The van der Waals surface area contributed by atoms with Gasteiger partial charge >= 0.3 is 6.18 Å². The van der Waals surface area contributed by atoms with E-state index in [1.807, 2.05) is 0 Å². The van der Waals surface area contributed by atoms with Gasteiger partial charge in [-0.25, -0.2) is 8.42 Å². The molecule has 0 bridgehead atoms. The zero-order chi connectivity index (χ0) is 21.2. The van der Waals surface area contributed by atoms with Gasteiger partial charge in [0.25, 0.3) is 5.91 Å². The highest BCUT2D eigenvalue weighted by molar-refractivity contribution is 7.89. The maximum atomic E-state index is 12.8. The number of nitrogens with one attached hydrogen (secondary N) is 1. The predicted octanol–water partition coefficient (Wildman–Crippen LogP) is 3.29. The lowest BCUT2D eigenvalue weighted by atomic mass is 10.1. The van der Waals surface area contributed by atoms with E-state index >= 15 is 0 Å². The molecule has 1 fully saturated rings. The van der Waals surface area contributed by atoms with Crippen molar-refractivity contribution in [3.8, 4) is 0 Å². The first-order valence-corrected chi connectivity index (χ1v) is 10.2. The lowest BCUT2D eigenvalue weighted by Gasteiger charge is -2.26. The topological polar surface area (TPSA) is 75.7 Å². The van der Waals surface area contributed by atoms with Gasteiger partial charge in [-0.2, -0.15) is 17.5 Å². The number of hydrogen-bond donors (Lipinski definition) is 1. The minimum Gasteiger partial charge on any atom is -0.379 e. The van der Waals surface area contributed by atoms with Crippen molar-refractivity contribution < 1.29 is 31.1 Å². The zero-order valence-corrected chi connectivity index (χ0v) is 16.3. The molecule has 2 aromatic carbocycles. The van der Waals surface area contributed by atoms with Crippen LogP contribution < -0.4 is 5.32 Å². The van der Waals surface area contributed by atoms with Gasteiger partial charge in [-0.15, -0.1) is 0 Å². The molecule has 0 aromatic heterocycles. The summed E-state index contributed by atoms with van der Waals surface area (Å²) in [5.74, 6) is -0.610. The molecule has 29 heavy (non-hydrogen) atoms. The molecule has 0 atom stereocenters. The maximum Gasteiger partial charge on any atom is 0.416 e. The van der Waals surface area contributed by atoms with Crippen LogP contribution >= 0.6 is 0 Å². The zero-order valence-electron chi connectivity index (χ0n) is 15.5. The summed E-state index contributed by atoms with van der Waals surface area (Å²) in [6.07, 6.45) is -4.47. The van der Waals surface area contributed by atoms with E-state index in [1.165, 1.54) is 22.5 Å². The lowest BCUT2D eigenvalue weighted by Crippen LogP contribution is -2.40. The fraction of sp³-hybridized carbons (Fsp3) is 0.316. The van der Waals surface area contributed by atoms with Crippen molar-refractivity contribution in [2.24, 2.45) is 0 Å². The number of ether oxygens (including phenoxy) is 1. The molecule has 0 saturated carbocycles. The normalized spacial score (nSPS) is 15.9. The van der Waals surface area contributed by atoms with E-state index in [-0.39, 0.29) is 29.2 Å². The number of halogens is 3. The Labute approximate surface area is 166 Å². The Morgan fingerprint density at radius 1 is 1.07 bits per heavy atom. The number of anilines is 1. The first-order valence-electron chi connectivity index (χ1n) is 8.76. The third-order valence-electron chi connectivity index (χ3n) is 4.53. The highest BCUT2D eigenvalue weighted by Gasteiger charge is 2.30. The molecule has 1 N–H and O–H groups in total. The molecule has 1 saturated heterocycles. The van der Waals surface area contributed by atoms with E-state index in [0.717, 1.165) is 24.3 Å². The molecular formula is C19H19F3N2O4S. The molecule has 3 rings (SSSR count). The largest absolute Gasteiger partial charge is 0.416 e. The van der Waals surface area contributed by atoms with Crippen LogP contribution in [0.5, 0.6) is 0 Å². The number of amides is 1. The Balaban J connectivity index is 1.83. The molecule has 1 heterocycles. The van der Waals surface area contributed by atoms with E-state index in [1.54, 1.807) is 6.92 Å². The molecule has 0 unspecified atom stereocenters. The quantitative estimate of drug-likeness (QED) is 0.811. The molecule has 0 radical (unpaired) electrons. The van der Waals surface area contributed by atoms with Crippen LogP contribution in [0.25, 0.3) is 0 Å². The van der Waals surface area contributed by atoms with Crippen molar-refractivity contribution in [3.05, 3.63) is 59.2 Å². The second kappa shape index (κ2) is 8.13. The van der Waals surface area contributed by atoms with Gasteiger partial charge in [0, 0.05) is 24.3 Å². The summed E-state index contributed by atoms with van der Waals surface area (Å²) in [7, 11) is -3.78. The minimum absolute atomic E-state index is 0.0254. The Morgan fingerprint density at radius 3 is 2.28 bits per heavy atom. The van der Waals surface area contributed by atoms with Gasteiger partial charge in [0.05, 0.1) is 23.7 Å². The van der Waals surface area contributed by atoms with Crippen LogP contribution in [0.3, 0.4) is 0 Å². The van der Waals surface area contributed by atoms with Gasteiger partial charge in [-0.3, -0.25) is 4.79 Å². The van der Waals surface area contributed by atoms with Gasteiger partial charge < -0.3 is 10.1 Å². The second-order valence-corrected chi connectivity index (χ2v) is 8.46. The smallest absolute Gasteiger partial charge is 0.379 e. The number of morpholine rings is 1. The number of aryl methyl sites for hydroxylation is 1. The van der Waals surface area contributed by atoms with Crippen LogP contribution in [0.4, 0.5) is 18.9 Å². The number of nitrogens with zero attached hydrogens (tertiary/aromatic N) is 1. The molecular weight excluding hydrogens is 409 g/mol. The SMILES string of the molecule is Cc1ccc(S(=O)(=O)N2CCOCC2)cc1C(=O)Nc1ccc(C(F)(F)F)cc1. The molecule has 156 valence electrons.